The van der Waals surface area contributed by atoms with Crippen LogP contribution in [-0.2, 0) is 0 Å². The van der Waals surface area contributed by atoms with Crippen LogP contribution >= 0.6 is 0 Å². The summed E-state index contributed by atoms with van der Waals surface area (Å²) in [4.78, 5) is 11.6. The Morgan fingerprint density at radius 2 is 2.20 bits per heavy atom. The maximum atomic E-state index is 11.6. The second-order valence-electron chi connectivity index (χ2n) is 3.33. The van der Waals surface area contributed by atoms with E-state index in [9.17, 15) is 9.90 Å². The second-order valence-corrected chi connectivity index (χ2v) is 3.33. The van der Waals surface area contributed by atoms with E-state index in [0.29, 0.717) is 5.75 Å². The molecule has 0 radical (unpaired) electrons. The van der Waals surface area contributed by atoms with Crippen LogP contribution in [0.3, 0.4) is 0 Å². The fourth-order valence-electron chi connectivity index (χ4n) is 1.38. The van der Waals surface area contributed by atoms with E-state index in [1.54, 1.807) is 12.1 Å². The van der Waals surface area contributed by atoms with Crippen LogP contribution in [0, 0.1) is 6.92 Å². The highest BCUT2D eigenvalue weighted by atomic mass is 16.5. The molecule has 0 unspecified atom stereocenters. The van der Waals surface area contributed by atoms with Crippen LogP contribution in [0.15, 0.2) is 12.1 Å². The number of phenolic OH excluding ortho intramolecular Hbond substituents is 1. The van der Waals surface area contributed by atoms with Gasteiger partial charge in [0.2, 0.25) is 0 Å². The Labute approximate surface area is 88.7 Å². The minimum Gasteiger partial charge on any atom is -0.504 e. The summed E-state index contributed by atoms with van der Waals surface area (Å²) in [7, 11) is 1.45. The fourth-order valence-corrected chi connectivity index (χ4v) is 1.38. The number of nitrogens with two attached hydrogens (primary N) is 1. The maximum Gasteiger partial charge on any atom is 0.168 e. The van der Waals surface area contributed by atoms with Crippen molar-refractivity contribution in [2.45, 2.75) is 13.3 Å². The van der Waals surface area contributed by atoms with Gasteiger partial charge in [0.25, 0.3) is 0 Å². The van der Waals surface area contributed by atoms with Gasteiger partial charge in [-0.2, -0.15) is 0 Å². The number of aryl methyl sites for hydroxylation is 1. The normalized spacial score (nSPS) is 10.1. The van der Waals surface area contributed by atoms with Gasteiger partial charge < -0.3 is 15.6 Å². The van der Waals surface area contributed by atoms with Gasteiger partial charge in [-0.25, -0.2) is 0 Å². The van der Waals surface area contributed by atoms with Crippen molar-refractivity contribution >= 4 is 5.78 Å². The average molecular weight is 209 g/mol. The summed E-state index contributed by atoms with van der Waals surface area (Å²) in [5, 5.41) is 9.72. The van der Waals surface area contributed by atoms with Crippen molar-refractivity contribution in [2.24, 2.45) is 5.73 Å². The van der Waals surface area contributed by atoms with Gasteiger partial charge in [0.1, 0.15) is 0 Å². The number of Topliss-reactive ketones (excluding diaryl/α,β-unsaturated/α-hetero) is 1. The van der Waals surface area contributed by atoms with Crippen molar-refractivity contribution < 1.29 is 14.6 Å². The number of rotatable bonds is 4. The quantitative estimate of drug-likeness (QED) is 0.732. The largest absolute Gasteiger partial charge is 0.504 e. The minimum absolute atomic E-state index is 0.110. The van der Waals surface area contributed by atoms with Crippen molar-refractivity contribution in [3.05, 3.63) is 23.3 Å². The Balaban J connectivity index is 3.17. The molecule has 15 heavy (non-hydrogen) atoms. The van der Waals surface area contributed by atoms with Gasteiger partial charge >= 0.3 is 0 Å². The molecular formula is C11H15NO3. The first-order valence-electron chi connectivity index (χ1n) is 4.71. The van der Waals surface area contributed by atoms with E-state index in [1.807, 2.05) is 6.92 Å². The van der Waals surface area contributed by atoms with Crippen LogP contribution in [-0.4, -0.2) is 24.5 Å². The van der Waals surface area contributed by atoms with Crippen LogP contribution in [0.1, 0.15) is 22.3 Å². The molecular weight excluding hydrogens is 194 g/mol. The molecule has 0 aliphatic rings. The standard InChI is InChI=1S/C11H15NO3/c1-7-5-8(9(13)3-4-12)11(14)10(6-7)15-2/h5-6,14H,3-4,12H2,1-2H3. The number of phenols is 1. The zero-order valence-electron chi connectivity index (χ0n) is 8.91. The van der Waals surface area contributed by atoms with Crippen molar-refractivity contribution in [1.29, 1.82) is 0 Å². The molecule has 0 aliphatic heterocycles. The molecule has 0 heterocycles. The third-order valence-corrected chi connectivity index (χ3v) is 2.11. The molecule has 0 atom stereocenters. The molecule has 0 aliphatic carbocycles. The molecule has 1 aromatic rings. The highest BCUT2D eigenvalue weighted by molar-refractivity contribution is 5.99. The summed E-state index contributed by atoms with van der Waals surface area (Å²) in [6, 6.07) is 3.31. The Bertz CT molecular complexity index is 374. The first-order valence-corrected chi connectivity index (χ1v) is 4.71. The van der Waals surface area contributed by atoms with Gasteiger partial charge in [-0.3, -0.25) is 4.79 Å². The number of ether oxygens (including phenoxy) is 1. The van der Waals surface area contributed by atoms with E-state index in [4.69, 9.17) is 10.5 Å². The van der Waals surface area contributed by atoms with Gasteiger partial charge in [-0.05, 0) is 31.2 Å². The molecule has 0 fully saturated rings. The van der Waals surface area contributed by atoms with Gasteiger partial charge in [-0.15, -0.1) is 0 Å². The fraction of sp³-hybridized carbons (Fsp3) is 0.364. The number of aromatic hydroxyl groups is 1. The number of carbonyl (C=O) groups excluding carboxylic acids is 1. The number of carbonyl (C=O) groups is 1. The summed E-state index contributed by atoms with van der Waals surface area (Å²) in [6.45, 7) is 2.11. The third kappa shape index (κ3) is 2.47. The lowest BCUT2D eigenvalue weighted by Crippen LogP contribution is -2.08. The number of methoxy groups -OCH3 is 1. The number of hydrogen-bond donors (Lipinski definition) is 2. The van der Waals surface area contributed by atoms with E-state index < -0.39 is 0 Å². The molecule has 1 rings (SSSR count). The summed E-state index contributed by atoms with van der Waals surface area (Å²) in [5.74, 6) is 0.0360. The van der Waals surface area contributed by atoms with Crippen molar-refractivity contribution in [3.63, 3.8) is 0 Å². The molecule has 82 valence electrons. The van der Waals surface area contributed by atoms with Crippen LogP contribution in [0.25, 0.3) is 0 Å². The lowest BCUT2D eigenvalue weighted by atomic mass is 10.0. The highest BCUT2D eigenvalue weighted by Crippen LogP contribution is 2.31. The van der Waals surface area contributed by atoms with Crippen LogP contribution in [0.5, 0.6) is 11.5 Å². The molecule has 0 saturated carbocycles. The summed E-state index contributed by atoms with van der Waals surface area (Å²) >= 11 is 0. The third-order valence-electron chi connectivity index (χ3n) is 2.11. The zero-order valence-corrected chi connectivity index (χ0v) is 8.91. The first kappa shape index (κ1) is 11.5. The van der Waals surface area contributed by atoms with Crippen LogP contribution in [0.2, 0.25) is 0 Å². The predicted molar refractivity (Wildman–Crippen MR) is 57.4 cm³/mol. The van der Waals surface area contributed by atoms with Gasteiger partial charge in [-0.1, -0.05) is 0 Å². The highest BCUT2D eigenvalue weighted by Gasteiger charge is 2.15. The number of ketones is 1. The van der Waals surface area contributed by atoms with E-state index in [0.717, 1.165) is 5.56 Å². The topological polar surface area (TPSA) is 72.5 Å². The SMILES string of the molecule is COc1cc(C)cc(C(=O)CCN)c1O. The summed E-state index contributed by atoms with van der Waals surface area (Å²) in [6.07, 6.45) is 0.222. The van der Waals surface area contributed by atoms with E-state index in [2.05, 4.69) is 0 Å². The van der Waals surface area contributed by atoms with Crippen molar-refractivity contribution in [3.8, 4) is 11.5 Å². The van der Waals surface area contributed by atoms with Gasteiger partial charge in [0.15, 0.2) is 17.3 Å². The van der Waals surface area contributed by atoms with Gasteiger partial charge in [0, 0.05) is 6.42 Å². The van der Waals surface area contributed by atoms with Gasteiger partial charge in [0.05, 0.1) is 12.7 Å². The van der Waals surface area contributed by atoms with Crippen LogP contribution < -0.4 is 10.5 Å². The Morgan fingerprint density at radius 3 is 2.73 bits per heavy atom. The zero-order chi connectivity index (χ0) is 11.4. The molecule has 4 heteroatoms. The number of benzene rings is 1. The first-order chi connectivity index (χ1) is 7.10. The molecule has 0 bridgehead atoms. The molecule has 0 spiro atoms. The summed E-state index contributed by atoms with van der Waals surface area (Å²) in [5.41, 5.74) is 6.43. The molecule has 0 aromatic heterocycles. The minimum atomic E-state index is -0.169. The smallest absolute Gasteiger partial charge is 0.168 e. The lowest BCUT2D eigenvalue weighted by molar-refractivity contribution is 0.0982. The monoisotopic (exact) mass is 209 g/mol. The predicted octanol–water partition coefficient (Wildman–Crippen LogP) is 1.24. The number of hydrogen-bond acceptors (Lipinski definition) is 4. The Kier molecular flexibility index (Phi) is 3.68. The van der Waals surface area contributed by atoms with E-state index in [1.165, 1.54) is 7.11 Å². The lowest BCUT2D eigenvalue weighted by Gasteiger charge is -2.09. The van der Waals surface area contributed by atoms with E-state index >= 15 is 0 Å². The summed E-state index contributed by atoms with van der Waals surface area (Å²) < 4.78 is 4.96. The molecule has 3 N–H and O–H groups in total. The van der Waals surface area contributed by atoms with Crippen molar-refractivity contribution in [1.82, 2.24) is 0 Å². The van der Waals surface area contributed by atoms with Crippen LogP contribution in [0.4, 0.5) is 0 Å². The second kappa shape index (κ2) is 4.79. The molecule has 4 nitrogen and oxygen atoms in total. The average Bonchev–Trinajstić information content (AvgIpc) is 2.21. The molecule has 1 aromatic carbocycles. The Hall–Kier alpha value is -1.55. The maximum absolute atomic E-state index is 11.6. The molecule has 0 amide bonds. The van der Waals surface area contributed by atoms with Crippen molar-refractivity contribution in [2.75, 3.05) is 13.7 Å². The van der Waals surface area contributed by atoms with E-state index in [-0.39, 0.29) is 30.1 Å². The molecule has 0 saturated heterocycles. The Morgan fingerprint density at radius 1 is 1.53 bits per heavy atom.